The summed E-state index contributed by atoms with van der Waals surface area (Å²) in [6.45, 7) is 1.35. The Labute approximate surface area is 159 Å². The Morgan fingerprint density at radius 3 is 2.67 bits per heavy atom. The molecule has 140 valence electrons. The minimum atomic E-state index is -0.117. The van der Waals surface area contributed by atoms with Gasteiger partial charge >= 0.3 is 0 Å². The number of ether oxygens (including phenoxy) is 1. The van der Waals surface area contributed by atoms with E-state index < -0.39 is 0 Å². The molecule has 0 spiro atoms. The Balaban J connectivity index is 1.63. The summed E-state index contributed by atoms with van der Waals surface area (Å²) < 4.78 is 5.13. The lowest BCUT2D eigenvalue weighted by Gasteiger charge is -2.08. The maximum atomic E-state index is 12.1. The van der Waals surface area contributed by atoms with Gasteiger partial charge in [0.15, 0.2) is 0 Å². The van der Waals surface area contributed by atoms with E-state index in [2.05, 4.69) is 35.4 Å². The number of fused-ring (bicyclic) bond motifs is 1. The van der Waals surface area contributed by atoms with Crippen molar-refractivity contribution < 1.29 is 9.53 Å². The van der Waals surface area contributed by atoms with Crippen LogP contribution in [0.5, 0.6) is 5.75 Å². The molecule has 0 fully saturated rings. The highest BCUT2D eigenvalue weighted by Gasteiger charge is 2.05. The lowest BCUT2D eigenvalue weighted by atomic mass is 10.1. The van der Waals surface area contributed by atoms with E-state index in [1.807, 2.05) is 48.7 Å². The summed E-state index contributed by atoms with van der Waals surface area (Å²) in [6, 6.07) is 13.8. The number of nitrogens with zero attached hydrogens (tertiary/aromatic N) is 1. The van der Waals surface area contributed by atoms with Crippen LogP contribution in [0.1, 0.15) is 16.7 Å². The molecule has 3 rings (SSSR count). The third-order valence-electron chi connectivity index (χ3n) is 4.33. The molecular formula is C22H25N3O2. The first-order valence-corrected chi connectivity index (χ1v) is 8.89. The molecule has 3 aromatic rings. The number of carbonyl (C=O) groups excluding carboxylic acids is 1. The zero-order valence-electron chi connectivity index (χ0n) is 16.0. The third kappa shape index (κ3) is 4.99. The van der Waals surface area contributed by atoms with Crippen LogP contribution in [0.4, 0.5) is 0 Å². The Morgan fingerprint density at radius 2 is 1.96 bits per heavy atom. The molecule has 0 unspecified atom stereocenters. The molecule has 1 amide bonds. The Kier molecular flexibility index (Phi) is 5.94. The lowest BCUT2D eigenvalue weighted by Crippen LogP contribution is -2.20. The van der Waals surface area contributed by atoms with Crippen LogP contribution in [-0.2, 0) is 17.9 Å². The van der Waals surface area contributed by atoms with Crippen LogP contribution in [0.2, 0.25) is 0 Å². The van der Waals surface area contributed by atoms with Gasteiger partial charge in [0.05, 0.1) is 7.11 Å². The highest BCUT2D eigenvalue weighted by Crippen LogP contribution is 2.21. The van der Waals surface area contributed by atoms with Crippen molar-refractivity contribution in [2.75, 3.05) is 21.2 Å². The first kappa shape index (κ1) is 18.7. The van der Waals surface area contributed by atoms with Gasteiger partial charge in [0.2, 0.25) is 5.91 Å². The minimum absolute atomic E-state index is 0.117. The second kappa shape index (κ2) is 8.56. The molecule has 1 aromatic heterocycles. The van der Waals surface area contributed by atoms with Crippen LogP contribution in [-0.4, -0.2) is 37.0 Å². The third-order valence-corrected chi connectivity index (χ3v) is 4.33. The molecule has 0 atom stereocenters. The molecule has 0 aliphatic rings. The second-order valence-electron chi connectivity index (χ2n) is 6.76. The Morgan fingerprint density at radius 1 is 1.19 bits per heavy atom. The van der Waals surface area contributed by atoms with Gasteiger partial charge in [0, 0.05) is 36.3 Å². The maximum Gasteiger partial charge on any atom is 0.244 e. The van der Waals surface area contributed by atoms with Crippen molar-refractivity contribution in [1.29, 1.82) is 0 Å². The predicted octanol–water partition coefficient (Wildman–Crippen LogP) is 3.57. The topological polar surface area (TPSA) is 57.4 Å². The average Bonchev–Trinajstić information content (AvgIpc) is 3.06. The molecule has 5 nitrogen and oxygen atoms in total. The van der Waals surface area contributed by atoms with Crippen molar-refractivity contribution in [3.8, 4) is 5.75 Å². The second-order valence-corrected chi connectivity index (χ2v) is 6.76. The van der Waals surface area contributed by atoms with Gasteiger partial charge in [0.25, 0.3) is 0 Å². The van der Waals surface area contributed by atoms with E-state index >= 15 is 0 Å². The van der Waals surface area contributed by atoms with Crippen molar-refractivity contribution in [1.82, 2.24) is 15.2 Å². The molecule has 2 aromatic carbocycles. The predicted molar refractivity (Wildman–Crippen MR) is 110 cm³/mol. The first-order valence-electron chi connectivity index (χ1n) is 8.89. The van der Waals surface area contributed by atoms with Crippen LogP contribution >= 0.6 is 0 Å². The van der Waals surface area contributed by atoms with Crippen LogP contribution < -0.4 is 10.1 Å². The molecule has 0 radical (unpaired) electrons. The number of hydrogen-bond acceptors (Lipinski definition) is 3. The Hall–Kier alpha value is -3.05. The molecule has 0 bridgehead atoms. The first-order chi connectivity index (χ1) is 13.0. The van der Waals surface area contributed by atoms with E-state index in [9.17, 15) is 4.79 Å². The number of methoxy groups -OCH3 is 1. The van der Waals surface area contributed by atoms with Gasteiger partial charge in [-0.25, -0.2) is 0 Å². The molecule has 2 N–H and O–H groups in total. The normalized spacial score (nSPS) is 11.4. The molecular weight excluding hydrogens is 338 g/mol. The van der Waals surface area contributed by atoms with Crippen LogP contribution in [0.15, 0.2) is 54.7 Å². The summed E-state index contributed by atoms with van der Waals surface area (Å²) in [5.41, 5.74) is 4.38. The summed E-state index contributed by atoms with van der Waals surface area (Å²) in [5, 5.41) is 4.08. The van der Waals surface area contributed by atoms with E-state index in [1.165, 1.54) is 10.9 Å². The van der Waals surface area contributed by atoms with E-state index in [-0.39, 0.29) is 5.91 Å². The monoisotopic (exact) mass is 363 g/mol. The van der Waals surface area contributed by atoms with E-state index in [0.29, 0.717) is 6.54 Å². The highest BCUT2D eigenvalue weighted by molar-refractivity contribution is 5.93. The number of carbonyl (C=O) groups is 1. The summed E-state index contributed by atoms with van der Waals surface area (Å²) in [7, 11) is 5.74. The van der Waals surface area contributed by atoms with E-state index in [1.54, 1.807) is 13.2 Å². The zero-order chi connectivity index (χ0) is 19.2. The molecule has 27 heavy (non-hydrogen) atoms. The van der Waals surface area contributed by atoms with Gasteiger partial charge < -0.3 is 19.9 Å². The fourth-order valence-electron chi connectivity index (χ4n) is 2.93. The summed E-state index contributed by atoms with van der Waals surface area (Å²) >= 11 is 0. The van der Waals surface area contributed by atoms with Gasteiger partial charge in [-0.3, -0.25) is 4.79 Å². The number of nitrogens with one attached hydrogen (secondary N) is 2. The smallest absolute Gasteiger partial charge is 0.244 e. The maximum absolute atomic E-state index is 12.1. The number of rotatable bonds is 7. The summed E-state index contributed by atoms with van der Waals surface area (Å²) in [5.74, 6) is 0.687. The number of benzene rings is 2. The van der Waals surface area contributed by atoms with Crippen LogP contribution in [0.3, 0.4) is 0 Å². The van der Waals surface area contributed by atoms with Crippen molar-refractivity contribution in [3.63, 3.8) is 0 Å². The zero-order valence-corrected chi connectivity index (χ0v) is 16.0. The van der Waals surface area contributed by atoms with Gasteiger partial charge in [-0.15, -0.1) is 0 Å². The lowest BCUT2D eigenvalue weighted by molar-refractivity contribution is -0.116. The number of aromatic nitrogens is 1. The fraction of sp³-hybridized carbons (Fsp3) is 0.227. The standard InChI is InChI=1S/C22H25N3O2/c1-25(2)15-18-14-23-21-10-6-16(12-20(18)21)7-11-22(26)24-13-17-4-8-19(27-3)9-5-17/h4-12,14,23H,13,15H2,1-3H3,(H,24,26). The van der Waals surface area contributed by atoms with Crippen molar-refractivity contribution in [2.24, 2.45) is 0 Å². The van der Waals surface area contributed by atoms with E-state index in [0.717, 1.165) is 28.9 Å². The quantitative estimate of drug-likeness (QED) is 0.631. The van der Waals surface area contributed by atoms with Gasteiger partial charge in [0.1, 0.15) is 5.75 Å². The number of amides is 1. The average molecular weight is 363 g/mol. The van der Waals surface area contributed by atoms with Crippen molar-refractivity contribution in [3.05, 3.63) is 71.4 Å². The van der Waals surface area contributed by atoms with Gasteiger partial charge in [-0.05, 0) is 61.1 Å². The largest absolute Gasteiger partial charge is 0.497 e. The van der Waals surface area contributed by atoms with Crippen LogP contribution in [0, 0.1) is 0 Å². The van der Waals surface area contributed by atoms with Crippen LogP contribution in [0.25, 0.3) is 17.0 Å². The summed E-state index contributed by atoms with van der Waals surface area (Å²) in [4.78, 5) is 17.5. The summed E-state index contributed by atoms with van der Waals surface area (Å²) in [6.07, 6.45) is 5.46. The molecule has 5 heteroatoms. The van der Waals surface area contributed by atoms with Crippen molar-refractivity contribution >= 4 is 22.9 Å². The number of H-pyrrole nitrogens is 1. The SMILES string of the molecule is COc1ccc(CNC(=O)C=Cc2ccc3[nH]cc(CN(C)C)c3c2)cc1. The Bertz CT molecular complexity index is 940. The van der Waals surface area contributed by atoms with Gasteiger partial charge in [-0.1, -0.05) is 18.2 Å². The number of aromatic amines is 1. The molecule has 0 saturated heterocycles. The molecule has 1 heterocycles. The number of hydrogen-bond donors (Lipinski definition) is 2. The van der Waals surface area contributed by atoms with E-state index in [4.69, 9.17) is 4.74 Å². The highest BCUT2D eigenvalue weighted by atomic mass is 16.5. The van der Waals surface area contributed by atoms with Crippen molar-refractivity contribution in [2.45, 2.75) is 13.1 Å². The van der Waals surface area contributed by atoms with Gasteiger partial charge in [-0.2, -0.15) is 0 Å². The fourth-order valence-corrected chi connectivity index (χ4v) is 2.93. The minimum Gasteiger partial charge on any atom is -0.497 e. The molecule has 0 saturated carbocycles. The molecule has 0 aliphatic heterocycles. The molecule has 0 aliphatic carbocycles.